The number of methoxy groups -OCH3 is 2. The molecule has 1 atom stereocenters. The fraction of sp³-hybridized carbons (Fsp3) is 0.269. The van der Waals surface area contributed by atoms with Crippen molar-refractivity contribution < 1.29 is 28.5 Å². The number of hydrogen-bond acceptors (Lipinski definition) is 9. The third-order valence-electron chi connectivity index (χ3n) is 6.02. The van der Waals surface area contributed by atoms with E-state index in [1.54, 1.807) is 58.4 Å². The standard InChI is InChI=1S/C26H23BrN2O7S/c1-5-34-25(31)22-13(2)28-26-29(23(22)14-6-7-17-20(8-14)36-12-35-17)24(30)21(37-26)10-15-9-18(32-3)19(33-4)11-16(15)27/h6-11,23H,5,12H2,1-4H3/b21-10+/t23-/m0/s1. The summed E-state index contributed by atoms with van der Waals surface area (Å²) in [4.78, 5) is 32.0. The largest absolute Gasteiger partial charge is 0.493 e. The molecule has 11 heteroatoms. The average molecular weight is 587 g/mol. The number of halogens is 1. The predicted molar refractivity (Wildman–Crippen MR) is 140 cm³/mol. The van der Waals surface area contributed by atoms with Crippen LogP contribution >= 0.6 is 27.3 Å². The van der Waals surface area contributed by atoms with Gasteiger partial charge in [0.2, 0.25) is 6.79 Å². The summed E-state index contributed by atoms with van der Waals surface area (Å²) in [6, 6.07) is 8.18. The Bertz CT molecular complexity index is 1620. The van der Waals surface area contributed by atoms with Crippen molar-refractivity contribution in [2.75, 3.05) is 27.6 Å². The first-order valence-electron chi connectivity index (χ1n) is 11.4. The molecule has 3 aromatic rings. The maximum absolute atomic E-state index is 13.8. The van der Waals surface area contributed by atoms with Gasteiger partial charge in [0.25, 0.3) is 5.56 Å². The summed E-state index contributed by atoms with van der Waals surface area (Å²) < 4.78 is 29.8. The van der Waals surface area contributed by atoms with Crippen molar-refractivity contribution in [1.29, 1.82) is 0 Å². The quantitative estimate of drug-likeness (QED) is 0.409. The molecule has 0 unspecified atom stereocenters. The number of hydrogen-bond donors (Lipinski definition) is 0. The van der Waals surface area contributed by atoms with E-state index in [1.165, 1.54) is 15.9 Å². The maximum Gasteiger partial charge on any atom is 0.338 e. The molecule has 2 aromatic carbocycles. The number of thiazole rings is 1. The smallest absolute Gasteiger partial charge is 0.338 e. The second kappa shape index (κ2) is 10.1. The van der Waals surface area contributed by atoms with Crippen LogP contribution in [0.2, 0.25) is 0 Å². The summed E-state index contributed by atoms with van der Waals surface area (Å²) in [5.74, 6) is 1.72. The zero-order valence-corrected chi connectivity index (χ0v) is 22.9. The highest BCUT2D eigenvalue weighted by Gasteiger charge is 2.34. The minimum atomic E-state index is -0.749. The van der Waals surface area contributed by atoms with Gasteiger partial charge in [0.05, 0.1) is 42.7 Å². The van der Waals surface area contributed by atoms with Crippen LogP contribution in [0.15, 0.2) is 55.9 Å². The molecule has 9 nitrogen and oxygen atoms in total. The number of carbonyl (C=O) groups excluding carboxylic acids is 1. The second-order valence-corrected chi connectivity index (χ2v) is 10.0. The Labute approximate surface area is 224 Å². The number of rotatable bonds is 6. The lowest BCUT2D eigenvalue weighted by atomic mass is 9.95. The summed E-state index contributed by atoms with van der Waals surface area (Å²) >= 11 is 4.78. The van der Waals surface area contributed by atoms with E-state index in [0.717, 1.165) is 10.0 Å². The minimum Gasteiger partial charge on any atom is -0.493 e. The first-order chi connectivity index (χ1) is 17.9. The average Bonchev–Trinajstić information content (AvgIpc) is 3.47. The lowest BCUT2D eigenvalue weighted by Crippen LogP contribution is -2.39. The molecule has 0 radical (unpaired) electrons. The van der Waals surface area contributed by atoms with Crippen molar-refractivity contribution in [3.8, 4) is 23.0 Å². The van der Waals surface area contributed by atoms with Crippen molar-refractivity contribution in [3.05, 3.63) is 76.9 Å². The van der Waals surface area contributed by atoms with Crippen LogP contribution in [0.3, 0.4) is 0 Å². The van der Waals surface area contributed by atoms with Crippen molar-refractivity contribution in [3.63, 3.8) is 0 Å². The molecule has 2 aliphatic rings. The number of carbonyl (C=O) groups is 1. The summed E-state index contributed by atoms with van der Waals surface area (Å²) in [5, 5.41) is 0. The Balaban J connectivity index is 1.72. The topological polar surface area (TPSA) is 97.6 Å². The van der Waals surface area contributed by atoms with Gasteiger partial charge in [0.1, 0.15) is 0 Å². The van der Waals surface area contributed by atoms with E-state index < -0.39 is 12.0 Å². The number of ether oxygens (including phenoxy) is 5. The van der Waals surface area contributed by atoms with E-state index in [-0.39, 0.29) is 19.0 Å². The highest BCUT2D eigenvalue weighted by atomic mass is 79.9. The Morgan fingerprint density at radius 2 is 1.92 bits per heavy atom. The van der Waals surface area contributed by atoms with Crippen LogP contribution in [0.5, 0.6) is 23.0 Å². The number of esters is 1. The van der Waals surface area contributed by atoms with E-state index >= 15 is 0 Å². The zero-order chi connectivity index (χ0) is 26.3. The third kappa shape index (κ3) is 4.42. The maximum atomic E-state index is 13.8. The molecule has 3 heterocycles. The van der Waals surface area contributed by atoms with Gasteiger partial charge in [-0.2, -0.15) is 0 Å². The van der Waals surface area contributed by atoms with Gasteiger partial charge in [-0.25, -0.2) is 9.79 Å². The zero-order valence-electron chi connectivity index (χ0n) is 20.5. The Kier molecular flexibility index (Phi) is 6.82. The molecular formula is C26H23BrN2O7S. The highest BCUT2D eigenvalue weighted by Crippen LogP contribution is 2.38. The summed E-state index contributed by atoms with van der Waals surface area (Å²) in [6.45, 7) is 3.79. The van der Waals surface area contributed by atoms with Gasteiger partial charge >= 0.3 is 5.97 Å². The van der Waals surface area contributed by atoms with Crippen LogP contribution in [0, 0.1) is 0 Å². The molecule has 0 bridgehead atoms. The molecule has 2 aliphatic heterocycles. The van der Waals surface area contributed by atoms with Crippen LogP contribution < -0.4 is 33.8 Å². The van der Waals surface area contributed by atoms with E-state index in [2.05, 4.69) is 20.9 Å². The van der Waals surface area contributed by atoms with Crippen molar-refractivity contribution in [2.45, 2.75) is 19.9 Å². The molecule has 37 heavy (non-hydrogen) atoms. The van der Waals surface area contributed by atoms with Gasteiger partial charge in [-0.3, -0.25) is 9.36 Å². The molecule has 0 saturated carbocycles. The first kappa shape index (κ1) is 25.1. The molecule has 192 valence electrons. The molecule has 0 amide bonds. The van der Waals surface area contributed by atoms with Crippen LogP contribution in [0.25, 0.3) is 6.08 Å². The van der Waals surface area contributed by atoms with Gasteiger partial charge in [0.15, 0.2) is 27.8 Å². The number of fused-ring (bicyclic) bond motifs is 2. The number of aromatic nitrogens is 1. The van der Waals surface area contributed by atoms with Crippen LogP contribution in [-0.4, -0.2) is 38.2 Å². The summed E-state index contributed by atoms with van der Waals surface area (Å²) in [7, 11) is 3.11. The summed E-state index contributed by atoms with van der Waals surface area (Å²) in [6.07, 6.45) is 1.76. The van der Waals surface area contributed by atoms with Crippen molar-refractivity contribution in [1.82, 2.24) is 4.57 Å². The van der Waals surface area contributed by atoms with Crippen LogP contribution in [0.1, 0.15) is 31.0 Å². The lowest BCUT2D eigenvalue weighted by molar-refractivity contribution is -0.139. The minimum absolute atomic E-state index is 0.112. The molecule has 0 spiro atoms. The number of allylic oxidation sites excluding steroid dienone is 1. The summed E-state index contributed by atoms with van der Waals surface area (Å²) in [5.41, 5.74) is 1.90. The Morgan fingerprint density at radius 3 is 2.65 bits per heavy atom. The monoisotopic (exact) mass is 586 g/mol. The van der Waals surface area contributed by atoms with Gasteiger partial charge < -0.3 is 23.7 Å². The van der Waals surface area contributed by atoms with Crippen LogP contribution in [0.4, 0.5) is 0 Å². The normalized spacial score (nSPS) is 16.4. The number of benzene rings is 2. The predicted octanol–water partition coefficient (Wildman–Crippen LogP) is 3.31. The molecule has 0 N–H and O–H groups in total. The molecular weight excluding hydrogens is 564 g/mol. The molecule has 0 fully saturated rings. The Hall–Kier alpha value is -3.57. The highest BCUT2D eigenvalue weighted by molar-refractivity contribution is 9.10. The molecule has 1 aromatic heterocycles. The van der Waals surface area contributed by atoms with Gasteiger partial charge in [-0.15, -0.1) is 0 Å². The first-order valence-corrected chi connectivity index (χ1v) is 13.0. The van der Waals surface area contributed by atoms with Gasteiger partial charge in [-0.1, -0.05) is 33.3 Å². The van der Waals surface area contributed by atoms with Crippen molar-refractivity contribution in [2.24, 2.45) is 4.99 Å². The van der Waals surface area contributed by atoms with Gasteiger partial charge in [-0.05, 0) is 55.3 Å². The van der Waals surface area contributed by atoms with Crippen LogP contribution in [-0.2, 0) is 9.53 Å². The lowest BCUT2D eigenvalue weighted by Gasteiger charge is -2.24. The molecule has 0 saturated heterocycles. The fourth-order valence-electron chi connectivity index (χ4n) is 4.31. The second-order valence-electron chi connectivity index (χ2n) is 8.14. The van der Waals surface area contributed by atoms with E-state index in [0.29, 0.717) is 49.2 Å². The van der Waals surface area contributed by atoms with Gasteiger partial charge in [0, 0.05) is 4.47 Å². The van der Waals surface area contributed by atoms with E-state index in [1.807, 2.05) is 6.07 Å². The third-order valence-corrected chi connectivity index (χ3v) is 7.69. The molecule has 5 rings (SSSR count). The van der Waals surface area contributed by atoms with E-state index in [4.69, 9.17) is 23.7 Å². The number of nitrogens with zero attached hydrogens (tertiary/aromatic N) is 2. The Morgan fingerprint density at radius 1 is 1.19 bits per heavy atom. The SMILES string of the molecule is CCOC(=O)C1=C(C)N=c2s/c(=C/c3cc(OC)c(OC)cc3Br)c(=O)n2[C@H]1c1ccc2c(c1)OCO2. The molecule has 0 aliphatic carbocycles. The van der Waals surface area contributed by atoms with E-state index in [9.17, 15) is 9.59 Å². The van der Waals surface area contributed by atoms with Crippen molar-refractivity contribution >= 4 is 39.3 Å². The fourth-order valence-corrected chi connectivity index (χ4v) is 5.79.